The van der Waals surface area contributed by atoms with E-state index in [1.54, 1.807) is 0 Å². The van der Waals surface area contributed by atoms with E-state index < -0.39 is 5.54 Å². The van der Waals surface area contributed by atoms with E-state index in [4.69, 9.17) is 4.74 Å². The van der Waals surface area contributed by atoms with E-state index in [0.717, 1.165) is 38.9 Å². The summed E-state index contributed by atoms with van der Waals surface area (Å²) >= 11 is 0. The highest BCUT2D eigenvalue weighted by molar-refractivity contribution is 5.80. The third-order valence-electron chi connectivity index (χ3n) is 3.74. The number of nitrogens with one attached hydrogen (secondary N) is 1. The molecule has 4 nitrogen and oxygen atoms in total. The number of nitrogens with zero attached hydrogens (tertiary/aromatic N) is 1. The summed E-state index contributed by atoms with van der Waals surface area (Å²) in [5, 5.41) is 3.46. The second kappa shape index (κ2) is 7.85. The molecule has 19 heavy (non-hydrogen) atoms. The lowest BCUT2D eigenvalue weighted by atomic mass is 9.97. The van der Waals surface area contributed by atoms with E-state index in [9.17, 15) is 4.79 Å². The van der Waals surface area contributed by atoms with Crippen LogP contribution < -0.4 is 5.32 Å². The zero-order valence-corrected chi connectivity index (χ0v) is 13.0. The molecule has 1 aliphatic rings. The summed E-state index contributed by atoms with van der Waals surface area (Å²) in [6.07, 6.45) is 5.49. The first kappa shape index (κ1) is 16.4. The summed E-state index contributed by atoms with van der Waals surface area (Å²) in [5.41, 5.74) is -0.532. The first-order valence-electron chi connectivity index (χ1n) is 7.64. The Kier molecular flexibility index (Phi) is 6.80. The van der Waals surface area contributed by atoms with Crippen LogP contribution in [0.25, 0.3) is 0 Å². The minimum atomic E-state index is -0.532. The molecule has 1 atom stereocenters. The molecule has 0 aliphatic heterocycles. The van der Waals surface area contributed by atoms with Gasteiger partial charge in [-0.25, -0.2) is 0 Å². The van der Waals surface area contributed by atoms with Crippen molar-refractivity contribution in [2.75, 3.05) is 26.7 Å². The minimum absolute atomic E-state index is 0.132. The lowest BCUT2D eigenvalue weighted by Gasteiger charge is -2.31. The van der Waals surface area contributed by atoms with Gasteiger partial charge in [0.1, 0.15) is 5.54 Å². The molecule has 1 N–H and O–H groups in total. The average Bonchev–Trinajstić information content (AvgIpc) is 3.19. The van der Waals surface area contributed by atoms with E-state index in [1.165, 1.54) is 20.0 Å². The van der Waals surface area contributed by atoms with Gasteiger partial charge in [0.25, 0.3) is 0 Å². The highest BCUT2D eigenvalue weighted by atomic mass is 16.5. The predicted octanol–water partition coefficient (Wildman–Crippen LogP) is 2.18. The Labute approximate surface area is 117 Å². The molecule has 0 amide bonds. The summed E-state index contributed by atoms with van der Waals surface area (Å²) < 4.78 is 4.98. The van der Waals surface area contributed by atoms with Crippen molar-refractivity contribution in [1.82, 2.24) is 10.2 Å². The molecule has 4 heteroatoms. The normalized spacial score (nSPS) is 18.4. The maximum absolute atomic E-state index is 12.0. The fourth-order valence-corrected chi connectivity index (χ4v) is 2.49. The molecule has 0 aromatic heterocycles. The van der Waals surface area contributed by atoms with Crippen molar-refractivity contribution in [1.29, 1.82) is 0 Å². The number of hydrogen-bond donors (Lipinski definition) is 1. The van der Waals surface area contributed by atoms with Crippen LogP contribution in [-0.2, 0) is 9.53 Å². The van der Waals surface area contributed by atoms with Crippen molar-refractivity contribution < 1.29 is 9.53 Å². The summed E-state index contributed by atoms with van der Waals surface area (Å²) in [4.78, 5) is 14.5. The number of methoxy groups -OCH3 is 1. The van der Waals surface area contributed by atoms with Crippen molar-refractivity contribution in [3.8, 4) is 0 Å². The molecule has 1 aliphatic carbocycles. The van der Waals surface area contributed by atoms with Crippen LogP contribution >= 0.6 is 0 Å². The first-order chi connectivity index (χ1) is 9.05. The second-order valence-electron chi connectivity index (χ2n) is 5.83. The van der Waals surface area contributed by atoms with E-state index in [2.05, 4.69) is 24.1 Å². The lowest BCUT2D eigenvalue weighted by Crippen LogP contribution is -2.53. The van der Waals surface area contributed by atoms with Gasteiger partial charge in [-0.1, -0.05) is 13.8 Å². The van der Waals surface area contributed by atoms with E-state index in [1.807, 2.05) is 6.92 Å². The fraction of sp³-hybridized carbons (Fsp3) is 0.933. The molecule has 0 aromatic carbocycles. The van der Waals surface area contributed by atoms with Gasteiger partial charge in [-0.2, -0.15) is 0 Å². The predicted molar refractivity (Wildman–Crippen MR) is 78.2 cm³/mol. The minimum Gasteiger partial charge on any atom is -0.468 e. The molecule has 0 aromatic rings. The maximum Gasteiger partial charge on any atom is 0.325 e. The third-order valence-corrected chi connectivity index (χ3v) is 3.74. The van der Waals surface area contributed by atoms with Crippen LogP contribution in [0.5, 0.6) is 0 Å². The lowest BCUT2D eigenvalue weighted by molar-refractivity contribution is -0.148. The van der Waals surface area contributed by atoms with Gasteiger partial charge in [-0.3, -0.25) is 10.1 Å². The molecule has 0 radical (unpaired) electrons. The third kappa shape index (κ3) is 5.49. The smallest absolute Gasteiger partial charge is 0.325 e. The molecule has 0 spiro atoms. The Bertz CT molecular complexity index is 273. The first-order valence-corrected chi connectivity index (χ1v) is 7.64. The largest absolute Gasteiger partial charge is 0.468 e. The summed E-state index contributed by atoms with van der Waals surface area (Å²) in [6.45, 7) is 9.54. The van der Waals surface area contributed by atoms with Crippen LogP contribution in [0.1, 0.15) is 52.9 Å². The zero-order valence-electron chi connectivity index (χ0n) is 13.0. The van der Waals surface area contributed by atoms with Gasteiger partial charge in [-0.05, 0) is 52.1 Å². The van der Waals surface area contributed by atoms with E-state index in [-0.39, 0.29) is 5.97 Å². The standard InChI is InChI=1S/C15H30N2O2/c1-5-10-17(11-6-2)12-9-15(3,14(18)19-4)16-13-7-8-13/h13,16H,5-12H2,1-4H3. The monoisotopic (exact) mass is 270 g/mol. The van der Waals surface area contributed by atoms with Gasteiger partial charge in [0.15, 0.2) is 0 Å². The molecule has 112 valence electrons. The SMILES string of the molecule is CCCN(CCC)CCC(C)(NC1CC1)C(=O)OC. The van der Waals surface area contributed by atoms with Crippen molar-refractivity contribution in [2.24, 2.45) is 0 Å². The van der Waals surface area contributed by atoms with Gasteiger partial charge >= 0.3 is 5.97 Å². The topological polar surface area (TPSA) is 41.6 Å². The maximum atomic E-state index is 12.0. The Morgan fingerprint density at radius 3 is 2.26 bits per heavy atom. The number of esters is 1. The number of rotatable bonds is 10. The quantitative estimate of drug-likeness (QED) is 0.618. The van der Waals surface area contributed by atoms with Crippen molar-refractivity contribution in [3.05, 3.63) is 0 Å². The molecule has 1 saturated carbocycles. The molecular formula is C15H30N2O2. The Balaban J connectivity index is 2.52. The Hall–Kier alpha value is -0.610. The highest BCUT2D eigenvalue weighted by Gasteiger charge is 2.39. The van der Waals surface area contributed by atoms with Crippen LogP contribution in [0.2, 0.25) is 0 Å². The van der Waals surface area contributed by atoms with Crippen molar-refractivity contribution in [3.63, 3.8) is 0 Å². The van der Waals surface area contributed by atoms with Crippen LogP contribution in [0.4, 0.5) is 0 Å². The number of carbonyl (C=O) groups is 1. The van der Waals surface area contributed by atoms with Crippen molar-refractivity contribution in [2.45, 2.75) is 64.5 Å². The van der Waals surface area contributed by atoms with Crippen LogP contribution in [-0.4, -0.2) is 49.2 Å². The molecule has 1 unspecified atom stereocenters. The molecule has 1 fully saturated rings. The van der Waals surface area contributed by atoms with E-state index in [0.29, 0.717) is 6.04 Å². The van der Waals surface area contributed by atoms with E-state index >= 15 is 0 Å². The van der Waals surface area contributed by atoms with Gasteiger partial charge < -0.3 is 9.64 Å². The van der Waals surface area contributed by atoms with Gasteiger partial charge in [-0.15, -0.1) is 0 Å². The highest BCUT2D eigenvalue weighted by Crippen LogP contribution is 2.25. The average molecular weight is 270 g/mol. The summed E-state index contributed by atoms with van der Waals surface area (Å²) in [7, 11) is 1.48. The van der Waals surface area contributed by atoms with Gasteiger partial charge in [0, 0.05) is 12.6 Å². The fourth-order valence-electron chi connectivity index (χ4n) is 2.49. The van der Waals surface area contributed by atoms with Gasteiger partial charge in [0.2, 0.25) is 0 Å². The van der Waals surface area contributed by atoms with Crippen LogP contribution in [0.3, 0.4) is 0 Å². The number of ether oxygens (including phenoxy) is 1. The summed E-state index contributed by atoms with van der Waals surface area (Å²) in [6, 6.07) is 0.509. The Morgan fingerprint density at radius 1 is 1.26 bits per heavy atom. The number of hydrogen-bond acceptors (Lipinski definition) is 4. The van der Waals surface area contributed by atoms with Crippen LogP contribution in [0.15, 0.2) is 0 Å². The zero-order chi connectivity index (χ0) is 14.3. The molecule has 1 rings (SSSR count). The molecule has 0 saturated heterocycles. The number of carbonyl (C=O) groups excluding carboxylic acids is 1. The molecular weight excluding hydrogens is 240 g/mol. The van der Waals surface area contributed by atoms with Gasteiger partial charge in [0.05, 0.1) is 7.11 Å². The molecule has 0 bridgehead atoms. The Morgan fingerprint density at radius 2 is 1.84 bits per heavy atom. The molecule has 0 heterocycles. The summed E-state index contributed by atoms with van der Waals surface area (Å²) in [5.74, 6) is -0.132. The van der Waals surface area contributed by atoms with Crippen LogP contribution in [0, 0.1) is 0 Å². The van der Waals surface area contributed by atoms with Crippen molar-refractivity contribution >= 4 is 5.97 Å². The second-order valence-corrected chi connectivity index (χ2v) is 5.83.